The van der Waals surface area contributed by atoms with Crippen LogP contribution in [-0.4, -0.2) is 36.1 Å². The Bertz CT molecular complexity index is 1450. The van der Waals surface area contributed by atoms with Crippen LogP contribution in [0.15, 0.2) is 65.7 Å². The molecule has 0 radical (unpaired) electrons. The van der Waals surface area contributed by atoms with E-state index in [1.165, 1.54) is 42.6 Å². The number of hydrogen-bond donors (Lipinski definition) is 1. The number of nitrogens with zero attached hydrogens (tertiary/aromatic N) is 1. The maximum atomic E-state index is 14.3. The highest BCUT2D eigenvalue weighted by Gasteiger charge is 2.37. The van der Waals surface area contributed by atoms with Crippen LogP contribution in [0.1, 0.15) is 55.6 Å². The van der Waals surface area contributed by atoms with E-state index in [9.17, 15) is 26.8 Å². The summed E-state index contributed by atoms with van der Waals surface area (Å²) in [5.74, 6) is -3.49. The largest absolute Gasteiger partial charge is 0.473 e. The van der Waals surface area contributed by atoms with Gasteiger partial charge in [0.25, 0.3) is 5.91 Å². The van der Waals surface area contributed by atoms with Gasteiger partial charge < -0.3 is 14.8 Å². The summed E-state index contributed by atoms with van der Waals surface area (Å²) in [6.45, 7) is 5.18. The standard InChI is InChI=1S/C27H26F2N2O6S/c1-27(2,3)37-26(33)17-6-13-23(30-15-17)31-25(32)24(36-22-12-7-18(28)14-21(22)29)16-4-8-19(9-5-16)38(34,35)20-10-11-20/h4-9,12-15,20,24H,10-11H2,1-3H3,(H,30,31,32). The number of pyridine rings is 1. The van der Waals surface area contributed by atoms with E-state index in [1.807, 2.05) is 0 Å². The molecule has 200 valence electrons. The second-order valence-electron chi connectivity index (χ2n) is 9.81. The number of aromatic nitrogens is 1. The van der Waals surface area contributed by atoms with E-state index in [4.69, 9.17) is 9.47 Å². The Balaban J connectivity index is 1.58. The number of sulfone groups is 1. The summed E-state index contributed by atoms with van der Waals surface area (Å²) < 4.78 is 63.7. The molecule has 1 saturated carbocycles. The second kappa shape index (κ2) is 10.5. The molecule has 1 heterocycles. The van der Waals surface area contributed by atoms with Crippen molar-refractivity contribution in [2.75, 3.05) is 5.32 Å². The van der Waals surface area contributed by atoms with Crippen molar-refractivity contribution >= 4 is 27.5 Å². The van der Waals surface area contributed by atoms with Gasteiger partial charge in [0.05, 0.1) is 15.7 Å². The fraction of sp³-hybridized carbons (Fsp3) is 0.296. The molecule has 1 aliphatic rings. The molecule has 0 spiro atoms. The Morgan fingerprint density at radius 2 is 1.71 bits per heavy atom. The topological polar surface area (TPSA) is 112 Å². The molecule has 1 N–H and O–H groups in total. The van der Waals surface area contributed by atoms with E-state index in [0.29, 0.717) is 18.9 Å². The van der Waals surface area contributed by atoms with E-state index in [1.54, 1.807) is 20.8 Å². The van der Waals surface area contributed by atoms with Crippen molar-refractivity contribution in [1.29, 1.82) is 0 Å². The van der Waals surface area contributed by atoms with Crippen LogP contribution in [-0.2, 0) is 19.4 Å². The zero-order valence-electron chi connectivity index (χ0n) is 20.9. The first kappa shape index (κ1) is 27.2. The van der Waals surface area contributed by atoms with Crippen molar-refractivity contribution in [3.05, 3.63) is 83.6 Å². The lowest BCUT2D eigenvalue weighted by Gasteiger charge is -2.20. The van der Waals surface area contributed by atoms with Crippen LogP contribution in [0.3, 0.4) is 0 Å². The third-order valence-corrected chi connectivity index (χ3v) is 7.78. The number of carbonyl (C=O) groups excluding carboxylic acids is 2. The number of carbonyl (C=O) groups is 2. The molecule has 0 saturated heterocycles. The van der Waals surface area contributed by atoms with E-state index in [0.717, 1.165) is 12.1 Å². The Hall–Kier alpha value is -3.86. The summed E-state index contributed by atoms with van der Waals surface area (Å²) in [5, 5.41) is 2.13. The Morgan fingerprint density at radius 3 is 2.26 bits per heavy atom. The van der Waals surface area contributed by atoms with Gasteiger partial charge in [-0.3, -0.25) is 4.79 Å². The first-order valence-electron chi connectivity index (χ1n) is 11.8. The van der Waals surface area contributed by atoms with Crippen molar-refractivity contribution in [3.63, 3.8) is 0 Å². The lowest BCUT2D eigenvalue weighted by atomic mass is 10.1. The predicted molar refractivity (Wildman–Crippen MR) is 134 cm³/mol. The quantitative estimate of drug-likeness (QED) is 0.397. The van der Waals surface area contributed by atoms with Gasteiger partial charge in [0.1, 0.15) is 17.2 Å². The van der Waals surface area contributed by atoms with Crippen LogP contribution in [0.2, 0.25) is 0 Å². The highest BCUT2D eigenvalue weighted by atomic mass is 32.2. The SMILES string of the molecule is CC(C)(C)OC(=O)c1ccc(NC(=O)C(Oc2ccc(F)cc2F)c2ccc(S(=O)(=O)C3CC3)cc2)nc1. The molecule has 1 amide bonds. The number of anilines is 1. The van der Waals surface area contributed by atoms with Crippen LogP contribution in [0, 0.1) is 11.6 Å². The van der Waals surface area contributed by atoms with Crippen molar-refractivity contribution < 1.29 is 36.3 Å². The summed E-state index contributed by atoms with van der Waals surface area (Å²) in [6.07, 6.45) is 0.986. The molecular formula is C27H26F2N2O6S. The zero-order chi connectivity index (χ0) is 27.7. The number of ether oxygens (including phenoxy) is 2. The highest BCUT2D eigenvalue weighted by molar-refractivity contribution is 7.92. The van der Waals surface area contributed by atoms with Gasteiger partial charge in [-0.25, -0.2) is 27.0 Å². The van der Waals surface area contributed by atoms with Crippen molar-refractivity contribution in [2.24, 2.45) is 0 Å². The fourth-order valence-corrected chi connectivity index (χ4v) is 5.15. The number of hydrogen-bond acceptors (Lipinski definition) is 7. The van der Waals surface area contributed by atoms with Gasteiger partial charge in [0, 0.05) is 17.8 Å². The molecule has 0 bridgehead atoms. The smallest absolute Gasteiger partial charge is 0.340 e. The van der Waals surface area contributed by atoms with Gasteiger partial charge in [0.2, 0.25) is 6.10 Å². The summed E-state index contributed by atoms with van der Waals surface area (Å²) in [7, 11) is -3.46. The molecule has 3 aromatic rings. The molecule has 11 heteroatoms. The first-order valence-corrected chi connectivity index (χ1v) is 13.3. The number of benzene rings is 2. The Morgan fingerprint density at radius 1 is 1.03 bits per heavy atom. The third-order valence-electron chi connectivity index (χ3n) is 5.50. The molecular weight excluding hydrogens is 518 g/mol. The van der Waals surface area contributed by atoms with Crippen LogP contribution in [0.25, 0.3) is 0 Å². The molecule has 1 aromatic heterocycles. The molecule has 2 aromatic carbocycles. The normalized spacial score (nSPS) is 14.4. The summed E-state index contributed by atoms with van der Waals surface area (Å²) in [6, 6.07) is 11.0. The Kier molecular flexibility index (Phi) is 7.50. The van der Waals surface area contributed by atoms with E-state index >= 15 is 0 Å². The first-order chi connectivity index (χ1) is 17.8. The van der Waals surface area contributed by atoms with Gasteiger partial charge >= 0.3 is 5.97 Å². The molecule has 4 rings (SSSR count). The second-order valence-corrected chi connectivity index (χ2v) is 12.0. The molecule has 8 nitrogen and oxygen atoms in total. The predicted octanol–water partition coefficient (Wildman–Crippen LogP) is 5.01. The van der Waals surface area contributed by atoms with Crippen molar-refractivity contribution in [3.8, 4) is 5.75 Å². The number of amides is 1. The average molecular weight is 545 g/mol. The molecule has 0 aliphatic heterocycles. The average Bonchev–Trinajstić information content (AvgIpc) is 3.69. The molecule has 38 heavy (non-hydrogen) atoms. The maximum Gasteiger partial charge on any atom is 0.340 e. The minimum atomic E-state index is -3.46. The highest BCUT2D eigenvalue weighted by Crippen LogP contribution is 2.34. The summed E-state index contributed by atoms with van der Waals surface area (Å²) in [5.41, 5.74) is -0.296. The minimum Gasteiger partial charge on any atom is -0.473 e. The number of halogens is 2. The number of rotatable bonds is 8. The van der Waals surface area contributed by atoms with Crippen molar-refractivity contribution in [1.82, 2.24) is 4.98 Å². The van der Waals surface area contributed by atoms with Crippen LogP contribution >= 0.6 is 0 Å². The number of esters is 1. The lowest BCUT2D eigenvalue weighted by Crippen LogP contribution is -2.27. The third kappa shape index (κ3) is 6.52. The molecule has 1 aliphatic carbocycles. The lowest BCUT2D eigenvalue weighted by molar-refractivity contribution is -0.123. The summed E-state index contributed by atoms with van der Waals surface area (Å²) in [4.78, 5) is 29.6. The van der Waals surface area contributed by atoms with Gasteiger partial charge in [-0.05, 0) is 70.0 Å². The van der Waals surface area contributed by atoms with Crippen LogP contribution in [0.4, 0.5) is 14.6 Å². The van der Waals surface area contributed by atoms with E-state index in [-0.39, 0.29) is 27.6 Å². The summed E-state index contributed by atoms with van der Waals surface area (Å²) >= 11 is 0. The molecule has 1 fully saturated rings. The van der Waals surface area contributed by atoms with Gasteiger partial charge in [-0.15, -0.1) is 0 Å². The monoisotopic (exact) mass is 544 g/mol. The van der Waals surface area contributed by atoms with Crippen LogP contribution < -0.4 is 10.1 Å². The molecule has 1 unspecified atom stereocenters. The van der Waals surface area contributed by atoms with E-state index in [2.05, 4.69) is 10.3 Å². The number of nitrogens with one attached hydrogen (secondary N) is 1. The minimum absolute atomic E-state index is 0.0726. The van der Waals surface area contributed by atoms with Crippen LogP contribution in [0.5, 0.6) is 5.75 Å². The van der Waals surface area contributed by atoms with Gasteiger partial charge in [0.15, 0.2) is 21.4 Å². The maximum absolute atomic E-state index is 14.3. The van der Waals surface area contributed by atoms with Gasteiger partial charge in [-0.2, -0.15) is 0 Å². The van der Waals surface area contributed by atoms with E-state index < -0.39 is 50.3 Å². The fourth-order valence-electron chi connectivity index (χ4n) is 3.49. The zero-order valence-corrected chi connectivity index (χ0v) is 21.7. The Labute approximate surface area is 218 Å². The van der Waals surface area contributed by atoms with Gasteiger partial charge in [-0.1, -0.05) is 12.1 Å². The molecule has 1 atom stereocenters. The van der Waals surface area contributed by atoms with Crippen molar-refractivity contribution in [2.45, 2.75) is 55.5 Å².